The monoisotopic (exact) mass is 364 g/mol. The van der Waals surface area contributed by atoms with Gasteiger partial charge in [-0.1, -0.05) is 24.3 Å². The number of nitro groups is 1. The fourth-order valence-electron chi connectivity index (χ4n) is 4.10. The molecule has 3 atom stereocenters. The van der Waals surface area contributed by atoms with Crippen molar-refractivity contribution in [1.29, 1.82) is 0 Å². The molecule has 0 bridgehead atoms. The maximum absolute atomic E-state index is 12.1. The molecule has 1 heterocycles. The summed E-state index contributed by atoms with van der Waals surface area (Å²) in [5, 5.41) is 14.7. The zero-order valence-electron chi connectivity index (χ0n) is 14.9. The van der Waals surface area contributed by atoms with Crippen LogP contribution in [0.1, 0.15) is 46.8 Å². The Morgan fingerprint density at radius 1 is 1.30 bits per heavy atom. The standard InChI is InChI=1S/C21H20N2O4/c1-2-27-21(24)14-9-10-19-18(12-14)16-7-4-8-17(16)20(22-19)13-5-3-6-15(11-13)23(25)26/h3-7,9-12,16-17,20,22H,2,8H2,1H3/t16-,17+,20-/m1/s1. The molecule has 2 aromatic carbocycles. The lowest BCUT2D eigenvalue weighted by atomic mass is 9.76. The first kappa shape index (κ1) is 17.3. The second-order valence-electron chi connectivity index (χ2n) is 6.85. The van der Waals surface area contributed by atoms with Crippen molar-refractivity contribution in [3.05, 3.63) is 81.4 Å². The Morgan fingerprint density at radius 2 is 2.15 bits per heavy atom. The van der Waals surface area contributed by atoms with Crippen LogP contribution in [0.4, 0.5) is 11.4 Å². The molecule has 0 amide bonds. The van der Waals surface area contributed by atoms with Crippen LogP contribution in [-0.4, -0.2) is 17.5 Å². The number of allylic oxidation sites excluding steroid dienone is 2. The van der Waals surface area contributed by atoms with Crippen molar-refractivity contribution in [2.75, 3.05) is 11.9 Å². The van der Waals surface area contributed by atoms with Gasteiger partial charge in [-0.05, 0) is 48.6 Å². The number of nitrogens with zero attached hydrogens (tertiary/aromatic N) is 1. The van der Waals surface area contributed by atoms with Crippen LogP contribution in [-0.2, 0) is 4.74 Å². The van der Waals surface area contributed by atoms with Crippen molar-refractivity contribution in [3.63, 3.8) is 0 Å². The summed E-state index contributed by atoms with van der Waals surface area (Å²) in [4.78, 5) is 22.9. The fourth-order valence-corrected chi connectivity index (χ4v) is 4.10. The number of non-ortho nitro benzene ring substituents is 1. The van der Waals surface area contributed by atoms with Gasteiger partial charge in [-0.2, -0.15) is 0 Å². The number of carbonyl (C=O) groups excluding carboxylic acids is 1. The Morgan fingerprint density at radius 3 is 2.93 bits per heavy atom. The van der Waals surface area contributed by atoms with Gasteiger partial charge in [0, 0.05) is 23.7 Å². The highest BCUT2D eigenvalue weighted by Gasteiger charge is 2.38. The first-order valence-corrected chi connectivity index (χ1v) is 9.07. The molecule has 138 valence electrons. The third kappa shape index (κ3) is 3.07. The van der Waals surface area contributed by atoms with Crippen molar-refractivity contribution in [3.8, 4) is 0 Å². The van der Waals surface area contributed by atoms with Gasteiger partial charge in [0.05, 0.1) is 23.1 Å². The topological polar surface area (TPSA) is 81.5 Å². The smallest absolute Gasteiger partial charge is 0.338 e. The highest BCUT2D eigenvalue weighted by atomic mass is 16.6. The molecule has 0 saturated heterocycles. The number of hydrogen-bond donors (Lipinski definition) is 1. The van der Waals surface area contributed by atoms with Crippen molar-refractivity contribution >= 4 is 17.3 Å². The minimum absolute atomic E-state index is 0.0224. The fraction of sp³-hybridized carbons (Fsp3) is 0.286. The van der Waals surface area contributed by atoms with Crippen molar-refractivity contribution in [1.82, 2.24) is 0 Å². The quantitative estimate of drug-likeness (QED) is 0.371. The molecule has 6 heteroatoms. The number of esters is 1. The first-order chi connectivity index (χ1) is 13.1. The summed E-state index contributed by atoms with van der Waals surface area (Å²) in [6, 6.07) is 12.3. The summed E-state index contributed by atoms with van der Waals surface area (Å²) >= 11 is 0. The lowest BCUT2D eigenvalue weighted by molar-refractivity contribution is -0.384. The van der Waals surface area contributed by atoms with E-state index in [9.17, 15) is 14.9 Å². The molecule has 0 aromatic heterocycles. The number of rotatable bonds is 4. The number of benzene rings is 2. The zero-order valence-corrected chi connectivity index (χ0v) is 14.9. The van der Waals surface area contributed by atoms with E-state index in [1.165, 1.54) is 6.07 Å². The lowest BCUT2D eigenvalue weighted by Crippen LogP contribution is -2.29. The van der Waals surface area contributed by atoms with Gasteiger partial charge in [0.1, 0.15) is 0 Å². The van der Waals surface area contributed by atoms with Crippen molar-refractivity contribution < 1.29 is 14.5 Å². The van der Waals surface area contributed by atoms with E-state index < -0.39 is 0 Å². The molecule has 0 radical (unpaired) electrons. The summed E-state index contributed by atoms with van der Waals surface area (Å²) in [5.41, 5.74) is 3.57. The molecule has 0 spiro atoms. The van der Waals surface area contributed by atoms with Crippen LogP contribution >= 0.6 is 0 Å². The SMILES string of the molecule is CCOC(=O)c1ccc2c(c1)[C@@H]1C=CC[C@@H]1[C@@H](c1cccc([N+](=O)[O-])c1)N2. The summed E-state index contributed by atoms with van der Waals surface area (Å²) in [6.07, 6.45) is 5.20. The Kier molecular flexibility index (Phi) is 4.39. The minimum Gasteiger partial charge on any atom is -0.462 e. The van der Waals surface area contributed by atoms with Crippen LogP contribution in [0.2, 0.25) is 0 Å². The lowest BCUT2D eigenvalue weighted by Gasteiger charge is -2.37. The molecule has 2 aliphatic rings. The van der Waals surface area contributed by atoms with Gasteiger partial charge >= 0.3 is 5.97 Å². The molecule has 2 aromatic rings. The second kappa shape index (κ2) is 6.87. The van der Waals surface area contributed by atoms with Crippen molar-refractivity contribution in [2.45, 2.75) is 25.3 Å². The molecule has 0 fully saturated rings. The zero-order chi connectivity index (χ0) is 19.0. The molecule has 0 saturated carbocycles. The highest BCUT2D eigenvalue weighted by molar-refractivity contribution is 5.90. The molecule has 1 N–H and O–H groups in total. The molecule has 1 aliphatic heterocycles. The largest absolute Gasteiger partial charge is 0.462 e. The van der Waals surface area contributed by atoms with Crippen LogP contribution in [0.5, 0.6) is 0 Å². The predicted octanol–water partition coefficient (Wildman–Crippen LogP) is 4.60. The Hall–Kier alpha value is -3.15. The number of hydrogen-bond acceptors (Lipinski definition) is 5. The number of carbonyl (C=O) groups is 1. The molecular weight excluding hydrogens is 344 g/mol. The maximum atomic E-state index is 12.1. The number of nitro benzene ring substituents is 1. The van der Waals surface area contributed by atoms with E-state index in [1.54, 1.807) is 25.1 Å². The van der Waals surface area contributed by atoms with Gasteiger partial charge in [0.25, 0.3) is 5.69 Å². The van der Waals surface area contributed by atoms with Crippen LogP contribution < -0.4 is 5.32 Å². The van der Waals surface area contributed by atoms with E-state index in [0.29, 0.717) is 12.2 Å². The van der Waals surface area contributed by atoms with Crippen molar-refractivity contribution in [2.24, 2.45) is 5.92 Å². The highest BCUT2D eigenvalue weighted by Crippen LogP contribution is 2.50. The van der Waals surface area contributed by atoms with E-state index >= 15 is 0 Å². The number of ether oxygens (including phenoxy) is 1. The van der Waals surface area contributed by atoms with Gasteiger partial charge in [-0.15, -0.1) is 0 Å². The predicted molar refractivity (Wildman–Crippen MR) is 102 cm³/mol. The third-order valence-corrected chi connectivity index (χ3v) is 5.31. The van der Waals surface area contributed by atoms with Gasteiger partial charge in [-0.3, -0.25) is 10.1 Å². The normalized spacial score (nSPS) is 22.5. The second-order valence-corrected chi connectivity index (χ2v) is 6.85. The maximum Gasteiger partial charge on any atom is 0.338 e. The van der Waals surface area contributed by atoms with Gasteiger partial charge in [-0.25, -0.2) is 4.79 Å². The van der Waals surface area contributed by atoms with E-state index in [-0.39, 0.29) is 34.5 Å². The summed E-state index contributed by atoms with van der Waals surface area (Å²) < 4.78 is 5.12. The van der Waals surface area contributed by atoms with Gasteiger partial charge in [0.15, 0.2) is 0 Å². The van der Waals surface area contributed by atoms with Crippen LogP contribution in [0.15, 0.2) is 54.6 Å². The van der Waals surface area contributed by atoms with E-state index in [0.717, 1.165) is 23.2 Å². The van der Waals surface area contributed by atoms with Crippen LogP contribution in [0.3, 0.4) is 0 Å². The Labute approximate surface area is 157 Å². The number of anilines is 1. The summed E-state index contributed by atoms with van der Waals surface area (Å²) in [7, 11) is 0. The van der Waals surface area contributed by atoms with E-state index in [1.807, 2.05) is 18.2 Å². The first-order valence-electron chi connectivity index (χ1n) is 9.07. The van der Waals surface area contributed by atoms with Gasteiger partial charge < -0.3 is 10.1 Å². The molecule has 0 unspecified atom stereocenters. The average Bonchev–Trinajstić information content (AvgIpc) is 3.17. The Bertz CT molecular complexity index is 938. The van der Waals surface area contributed by atoms with E-state index in [4.69, 9.17) is 4.74 Å². The third-order valence-electron chi connectivity index (χ3n) is 5.31. The molecule has 27 heavy (non-hydrogen) atoms. The molecule has 4 rings (SSSR count). The van der Waals surface area contributed by atoms with Gasteiger partial charge in [0.2, 0.25) is 0 Å². The van der Waals surface area contributed by atoms with Crippen LogP contribution in [0.25, 0.3) is 0 Å². The molecule has 6 nitrogen and oxygen atoms in total. The minimum atomic E-state index is -0.365. The molecule has 1 aliphatic carbocycles. The number of nitrogens with one attached hydrogen (secondary N) is 1. The summed E-state index contributed by atoms with van der Waals surface area (Å²) in [5.74, 6) is 0.0940. The Balaban J connectivity index is 1.71. The van der Waals surface area contributed by atoms with E-state index in [2.05, 4.69) is 17.5 Å². The summed E-state index contributed by atoms with van der Waals surface area (Å²) in [6.45, 7) is 2.13. The number of fused-ring (bicyclic) bond motifs is 3. The van der Waals surface area contributed by atoms with Crippen LogP contribution in [0, 0.1) is 16.0 Å². The molecular formula is C21H20N2O4. The average molecular weight is 364 g/mol.